The van der Waals surface area contributed by atoms with Crippen molar-refractivity contribution in [3.05, 3.63) is 338 Å². The Balaban J connectivity index is 0.000000167. The van der Waals surface area contributed by atoms with Crippen LogP contribution in [0.25, 0.3) is 4.85 Å². The molecule has 6 aliphatic heterocycles. The highest BCUT2D eigenvalue weighted by atomic mass is 16.6. The van der Waals surface area contributed by atoms with Gasteiger partial charge < -0.3 is 68.1 Å². The minimum Gasteiger partial charge on any atom is -0.497 e. The summed E-state index contributed by atoms with van der Waals surface area (Å²) in [5.74, 6) is -0.173. The lowest BCUT2D eigenvalue weighted by molar-refractivity contribution is -0.138. The van der Waals surface area contributed by atoms with Gasteiger partial charge in [-0.1, -0.05) is 253 Å². The summed E-state index contributed by atoms with van der Waals surface area (Å²) in [4.78, 5) is 132. The molecular formula is C117H135N9O18. The first-order valence-electron chi connectivity index (χ1n) is 49.8. The van der Waals surface area contributed by atoms with Crippen LogP contribution < -0.4 is 10.1 Å². The van der Waals surface area contributed by atoms with Gasteiger partial charge in [0.1, 0.15) is 62.9 Å². The molecule has 1 atom stereocenters. The van der Waals surface area contributed by atoms with Gasteiger partial charge in [-0.15, -0.1) is 0 Å². The molecule has 9 aromatic carbocycles. The van der Waals surface area contributed by atoms with Crippen LogP contribution in [-0.4, -0.2) is 188 Å². The Morgan fingerprint density at radius 3 is 1.17 bits per heavy atom. The summed E-state index contributed by atoms with van der Waals surface area (Å²) >= 11 is 0. The van der Waals surface area contributed by atoms with E-state index in [2.05, 4.69) is 71.7 Å². The zero-order chi connectivity index (χ0) is 103. The van der Waals surface area contributed by atoms with E-state index in [0.717, 1.165) is 120 Å². The number of Topliss-reactive ketones (excluding diaryl/α,β-unsaturated/α-hetero) is 4. The minimum atomic E-state index is -0.679. The number of piperidine rings is 6. The topological polar surface area (TPSA) is 336 Å². The van der Waals surface area contributed by atoms with E-state index in [-0.39, 0.29) is 103 Å². The van der Waals surface area contributed by atoms with Crippen molar-refractivity contribution in [3.8, 4) is 17.9 Å². The quantitative estimate of drug-likeness (QED) is 0.0232. The number of ketones is 4. The summed E-state index contributed by atoms with van der Waals surface area (Å²) in [6.07, 6.45) is 11.6. The molecule has 0 radical (unpaired) electrons. The van der Waals surface area contributed by atoms with E-state index in [9.17, 15) is 63.6 Å². The highest BCUT2D eigenvalue weighted by molar-refractivity contribution is 5.99. The Morgan fingerprint density at radius 2 is 0.799 bits per heavy atom. The molecule has 144 heavy (non-hydrogen) atoms. The molecule has 1 unspecified atom stereocenters. The van der Waals surface area contributed by atoms with Gasteiger partial charge in [-0.05, 0) is 209 Å². The summed E-state index contributed by atoms with van der Waals surface area (Å²) in [5, 5.41) is 31.7. The van der Waals surface area contributed by atoms with Crippen molar-refractivity contribution in [2.75, 3.05) is 98.9 Å². The van der Waals surface area contributed by atoms with Crippen molar-refractivity contribution in [1.29, 1.82) is 10.5 Å². The van der Waals surface area contributed by atoms with Gasteiger partial charge in [0.05, 0.1) is 32.4 Å². The Morgan fingerprint density at radius 1 is 0.438 bits per heavy atom. The van der Waals surface area contributed by atoms with E-state index in [0.29, 0.717) is 148 Å². The second-order valence-corrected chi connectivity index (χ2v) is 38.2. The van der Waals surface area contributed by atoms with E-state index in [1.165, 1.54) is 29.2 Å². The molecule has 0 aromatic heterocycles. The number of nitrogens with zero attached hydrogens (tertiary/aromatic N) is 8. The SMILES string of the molecule is CC(=O)C(C#N)C1(Cc2ccc(C)cc2)CCN(C(=O)OCc2ccccc2)CC1.COc1ccc(CC2(CC(=O)CO)CCN(C(=O)OCc3ccccc3)CC2)cc1.Cc1ccc(CC2(CC#N)CCN(C(=O)OCc3ccccc3)CC2)cc1.O=C1CC2(CCNCC2)Cc2ccccc21.O=C1CCN(C(=O)OCc2ccccc2)CC1.[C-]#[N+]C(C(=O)OCC)=C1CCN(C(=O)OCc2ccccc2)CC1. The molecule has 1 aliphatic carbocycles. The number of aryl methyl sites for hydroxylation is 2. The maximum absolute atomic E-state index is 12.5. The fourth-order valence-corrected chi connectivity index (χ4v) is 19.4. The highest BCUT2D eigenvalue weighted by Gasteiger charge is 2.46. The van der Waals surface area contributed by atoms with Gasteiger partial charge in [-0.3, -0.25) is 24.0 Å². The Kier molecular flexibility index (Phi) is 42.9. The average molecular weight is 1960 g/mol. The van der Waals surface area contributed by atoms with Crippen LogP contribution >= 0.6 is 0 Å². The van der Waals surface area contributed by atoms with Gasteiger partial charge in [0.15, 0.2) is 11.6 Å². The molecule has 9 aromatic rings. The Hall–Kier alpha value is -14.6. The van der Waals surface area contributed by atoms with E-state index < -0.39 is 23.9 Å². The van der Waals surface area contributed by atoms with Crippen molar-refractivity contribution < 1.29 is 86.2 Å². The number of carbonyl (C=O) groups is 10. The largest absolute Gasteiger partial charge is 0.497 e. The minimum absolute atomic E-state index is 0.0501. The van der Waals surface area contributed by atoms with Gasteiger partial charge in [0.25, 0.3) is 5.70 Å². The molecule has 5 amide bonds. The number of aliphatic hydroxyl groups excluding tert-OH is 1. The van der Waals surface area contributed by atoms with Gasteiger partial charge in [0.2, 0.25) is 0 Å². The van der Waals surface area contributed by atoms with Crippen LogP contribution in [-0.2, 0) is 106 Å². The van der Waals surface area contributed by atoms with Crippen LogP contribution in [0.5, 0.6) is 5.75 Å². The first kappa shape index (κ1) is 110. The number of methoxy groups -OCH3 is 1. The van der Waals surface area contributed by atoms with Crippen molar-refractivity contribution in [3.63, 3.8) is 0 Å². The molecule has 27 heteroatoms. The third-order valence-corrected chi connectivity index (χ3v) is 27.9. The summed E-state index contributed by atoms with van der Waals surface area (Å²) in [6.45, 7) is 22.8. The van der Waals surface area contributed by atoms with E-state index in [4.69, 9.17) is 39.7 Å². The van der Waals surface area contributed by atoms with E-state index in [1.807, 2.05) is 213 Å². The van der Waals surface area contributed by atoms with Crippen molar-refractivity contribution in [2.45, 2.75) is 183 Å². The number of ether oxygens (including phenoxy) is 7. The van der Waals surface area contributed by atoms with Crippen molar-refractivity contribution >= 4 is 59.6 Å². The molecule has 0 saturated carbocycles. The number of aliphatic hydroxyl groups is 1. The number of nitriles is 2. The summed E-state index contributed by atoms with van der Waals surface area (Å²) in [7, 11) is 1.63. The number of carbonyl (C=O) groups excluding carboxylic acids is 10. The molecule has 1 spiro atoms. The number of hydrogen-bond donors (Lipinski definition) is 2. The zero-order valence-electron chi connectivity index (χ0n) is 83.6. The lowest BCUT2D eigenvalue weighted by Gasteiger charge is -2.43. The van der Waals surface area contributed by atoms with Gasteiger partial charge in [-0.25, -0.2) is 28.8 Å². The van der Waals surface area contributed by atoms with Crippen LogP contribution in [0.15, 0.2) is 260 Å². The zero-order valence-corrected chi connectivity index (χ0v) is 83.6. The number of likely N-dealkylation sites (tertiary alicyclic amines) is 5. The smallest absolute Gasteiger partial charge is 0.410 e. The summed E-state index contributed by atoms with van der Waals surface area (Å²) in [5.41, 5.74) is 13.2. The predicted octanol–water partition coefficient (Wildman–Crippen LogP) is 20.5. The van der Waals surface area contributed by atoms with Gasteiger partial charge in [-0.2, -0.15) is 10.5 Å². The molecule has 7 aliphatic rings. The molecule has 756 valence electrons. The molecule has 0 bridgehead atoms. The molecular weight excluding hydrogens is 1820 g/mol. The predicted molar refractivity (Wildman–Crippen MR) is 547 cm³/mol. The number of nitrogens with one attached hydrogen (secondary N) is 1. The van der Waals surface area contributed by atoms with Gasteiger partial charge in [0, 0.05) is 109 Å². The fraction of sp³-hybridized carbons (Fsp3) is 0.410. The number of amides is 5. The van der Waals surface area contributed by atoms with E-state index >= 15 is 0 Å². The molecule has 6 fully saturated rings. The van der Waals surface area contributed by atoms with Gasteiger partial charge >= 0.3 is 36.4 Å². The standard InChI is InChI=1S/C25H28N2O3.C24H29NO5.C23H26N2O2.C18H20N2O4.C14H17NO.C13H15NO3/c1-19-8-10-21(11-9-19)16-25(23(17-26)20(2)28)12-14-27(15-13-25)24(29)30-18-22-6-4-3-5-7-22;1-29-22-9-7-19(8-10-22)15-24(16-21(27)17-26)11-13-25(14-12-24)23(28)30-18-20-5-3-2-4-6-20;1-19-7-9-20(10-8-19)17-23(11-14-24)12-15-25(16-13-23)22(26)27-18-21-5-3-2-4-6-21;1-3-23-17(21)16(19-2)15-9-11-20(12-10-15)18(22)24-13-14-7-5-4-6-8-14;16-13-10-14(5-7-15-8-6-14)9-11-3-1-2-4-12(11)13;15-12-6-8-14(9-7-12)13(16)17-10-11-4-2-1-3-5-11/h3-11,23H,12-16,18H2,1-2H3;2-10,26H,11-18H2,1H3;2-10H,11-13,15-18H2,1H3;4-8H,3,9-13H2,1H3;1-4,15H,5-10H2;1-5H,6-10H2. The number of hydrogen-bond acceptors (Lipinski definition) is 21. The lowest BCUT2D eigenvalue weighted by atomic mass is 9.64. The first-order chi connectivity index (χ1) is 69.8. The average Bonchev–Trinajstić information content (AvgIpc) is 0.799. The number of fused-ring (bicyclic) bond motifs is 1. The maximum atomic E-state index is 12.5. The second-order valence-electron chi connectivity index (χ2n) is 38.2. The van der Waals surface area contributed by atoms with Crippen molar-refractivity contribution in [2.24, 2.45) is 27.6 Å². The molecule has 6 heterocycles. The number of rotatable bonds is 25. The van der Waals surface area contributed by atoms with Crippen molar-refractivity contribution in [1.82, 2.24) is 29.8 Å². The Bertz CT molecular complexity index is 5800. The molecule has 6 saturated heterocycles. The molecule has 27 nitrogen and oxygen atoms in total. The Labute approximate surface area is 846 Å². The third kappa shape index (κ3) is 34.1. The first-order valence-corrected chi connectivity index (χ1v) is 49.8. The lowest BCUT2D eigenvalue weighted by Crippen LogP contribution is -2.48. The normalized spacial score (nSPS) is 16.3. The molecule has 2 N–H and O–H groups in total. The van der Waals surface area contributed by atoms with Crippen LogP contribution in [0, 0.1) is 70.7 Å². The monoisotopic (exact) mass is 1950 g/mol. The van der Waals surface area contributed by atoms with E-state index in [1.54, 1.807) is 38.5 Å². The fourth-order valence-electron chi connectivity index (χ4n) is 19.4. The molecule has 16 rings (SSSR count). The number of esters is 1. The van der Waals surface area contributed by atoms with Crippen LogP contribution in [0.3, 0.4) is 0 Å². The third-order valence-electron chi connectivity index (χ3n) is 27.9. The number of benzene rings is 9. The summed E-state index contributed by atoms with van der Waals surface area (Å²) in [6, 6.07) is 85.2. The van der Waals surface area contributed by atoms with Crippen LogP contribution in [0.4, 0.5) is 24.0 Å². The van der Waals surface area contributed by atoms with Crippen LogP contribution in [0.2, 0.25) is 0 Å². The highest BCUT2D eigenvalue weighted by Crippen LogP contribution is 2.46. The second kappa shape index (κ2) is 56.3. The summed E-state index contributed by atoms with van der Waals surface area (Å²) < 4.78 is 36.9. The maximum Gasteiger partial charge on any atom is 0.410 e. The van der Waals surface area contributed by atoms with Crippen LogP contribution in [0.1, 0.15) is 182 Å².